The van der Waals surface area contributed by atoms with Crippen LogP contribution >= 0.6 is 0 Å². The summed E-state index contributed by atoms with van der Waals surface area (Å²) in [5, 5.41) is 14.1. The fourth-order valence-corrected chi connectivity index (χ4v) is 3.61. The van der Waals surface area contributed by atoms with Crippen LogP contribution in [0.25, 0.3) is 0 Å². The highest BCUT2D eigenvalue weighted by Crippen LogP contribution is 2.27. The number of aromatic nitrogens is 2. The van der Waals surface area contributed by atoms with Gasteiger partial charge in [0.25, 0.3) is 0 Å². The topological polar surface area (TPSA) is 65.6 Å². The molecule has 0 spiro atoms. The van der Waals surface area contributed by atoms with Gasteiger partial charge < -0.3 is 9.63 Å². The van der Waals surface area contributed by atoms with E-state index >= 15 is 0 Å². The second-order valence-corrected chi connectivity index (χ2v) is 6.96. The van der Waals surface area contributed by atoms with Gasteiger partial charge in [-0.3, -0.25) is 9.80 Å². The zero-order valence-corrected chi connectivity index (χ0v) is 13.9. The summed E-state index contributed by atoms with van der Waals surface area (Å²) in [6.07, 6.45) is 3.12. The van der Waals surface area contributed by atoms with Crippen LogP contribution in [0.1, 0.15) is 63.7 Å². The summed E-state index contributed by atoms with van der Waals surface area (Å²) in [7, 11) is 0. The van der Waals surface area contributed by atoms with Gasteiger partial charge in [0.05, 0.1) is 12.1 Å². The van der Waals surface area contributed by atoms with E-state index in [4.69, 9.17) is 4.52 Å². The molecule has 3 rings (SSSR count). The third kappa shape index (κ3) is 3.19. The highest BCUT2D eigenvalue weighted by molar-refractivity contribution is 4.97. The van der Waals surface area contributed by atoms with Gasteiger partial charge in [-0.2, -0.15) is 4.98 Å². The molecule has 6 nitrogen and oxygen atoms in total. The highest BCUT2D eigenvalue weighted by Gasteiger charge is 2.34. The molecule has 6 heteroatoms. The molecule has 0 amide bonds. The Morgan fingerprint density at radius 3 is 2.41 bits per heavy atom. The van der Waals surface area contributed by atoms with Crippen LogP contribution in [0.5, 0.6) is 0 Å². The monoisotopic (exact) mass is 308 g/mol. The second-order valence-electron chi connectivity index (χ2n) is 6.96. The van der Waals surface area contributed by atoms with Crippen molar-refractivity contribution < 1.29 is 9.63 Å². The van der Waals surface area contributed by atoms with Gasteiger partial charge in [0.2, 0.25) is 5.89 Å². The van der Waals surface area contributed by atoms with Gasteiger partial charge in [-0.05, 0) is 26.2 Å². The number of nitrogens with zero attached hydrogens (tertiary/aromatic N) is 4. The molecule has 124 valence electrons. The molecule has 0 bridgehead atoms. The van der Waals surface area contributed by atoms with Gasteiger partial charge in [0.1, 0.15) is 0 Å². The lowest BCUT2D eigenvalue weighted by Gasteiger charge is -2.40. The van der Waals surface area contributed by atoms with Crippen molar-refractivity contribution in [2.45, 2.75) is 64.1 Å². The Labute approximate surface area is 132 Å². The van der Waals surface area contributed by atoms with Gasteiger partial charge in [-0.15, -0.1) is 0 Å². The normalized spacial score (nSPS) is 29.3. The minimum absolute atomic E-state index is 0.131. The first-order chi connectivity index (χ1) is 10.6. The van der Waals surface area contributed by atoms with Crippen molar-refractivity contribution in [1.29, 1.82) is 0 Å². The number of aliphatic hydroxyl groups excluding tert-OH is 1. The van der Waals surface area contributed by atoms with E-state index in [9.17, 15) is 5.11 Å². The van der Waals surface area contributed by atoms with E-state index in [0.717, 1.165) is 57.2 Å². The Bertz CT molecular complexity index is 482. The smallest absolute Gasteiger partial charge is 0.243 e. The molecule has 1 N–H and O–H groups in total. The van der Waals surface area contributed by atoms with E-state index in [0.29, 0.717) is 12.0 Å². The molecule has 2 aliphatic rings. The first kappa shape index (κ1) is 15.9. The van der Waals surface area contributed by atoms with Gasteiger partial charge >= 0.3 is 0 Å². The zero-order chi connectivity index (χ0) is 15.7. The van der Waals surface area contributed by atoms with Gasteiger partial charge in [-0.25, -0.2) is 0 Å². The lowest BCUT2D eigenvalue weighted by atomic mass is 10.1. The highest BCUT2D eigenvalue weighted by atomic mass is 16.5. The molecule has 0 radical (unpaired) electrons. The van der Waals surface area contributed by atoms with E-state index in [1.807, 2.05) is 0 Å². The molecule has 1 aromatic rings. The number of aliphatic hydroxyl groups is 1. The van der Waals surface area contributed by atoms with Crippen molar-refractivity contribution in [2.24, 2.45) is 0 Å². The van der Waals surface area contributed by atoms with Crippen LogP contribution in [-0.4, -0.2) is 63.4 Å². The first-order valence-corrected chi connectivity index (χ1v) is 8.56. The van der Waals surface area contributed by atoms with Gasteiger partial charge in [0, 0.05) is 38.1 Å². The van der Waals surface area contributed by atoms with E-state index in [2.05, 4.69) is 40.7 Å². The fraction of sp³-hybridized carbons (Fsp3) is 0.875. The van der Waals surface area contributed by atoms with Gasteiger partial charge in [0.15, 0.2) is 5.82 Å². The second kappa shape index (κ2) is 6.64. The molecular formula is C16H28N4O2. The van der Waals surface area contributed by atoms with Crippen LogP contribution < -0.4 is 0 Å². The minimum atomic E-state index is -0.131. The van der Waals surface area contributed by atoms with E-state index < -0.39 is 0 Å². The number of rotatable bonds is 4. The number of hydrogen-bond donors (Lipinski definition) is 1. The summed E-state index contributed by atoms with van der Waals surface area (Å²) in [5.74, 6) is 1.80. The third-order valence-electron chi connectivity index (χ3n) is 5.14. The van der Waals surface area contributed by atoms with Crippen LogP contribution in [0.15, 0.2) is 4.52 Å². The quantitative estimate of drug-likeness (QED) is 0.915. The molecule has 1 saturated carbocycles. The zero-order valence-electron chi connectivity index (χ0n) is 13.9. The van der Waals surface area contributed by atoms with Crippen molar-refractivity contribution in [3.63, 3.8) is 0 Å². The average molecular weight is 308 g/mol. The summed E-state index contributed by atoms with van der Waals surface area (Å²) in [5.41, 5.74) is 0. The lowest BCUT2D eigenvalue weighted by molar-refractivity contribution is 0.0213. The Morgan fingerprint density at radius 2 is 1.86 bits per heavy atom. The van der Waals surface area contributed by atoms with Crippen molar-refractivity contribution >= 4 is 0 Å². The summed E-state index contributed by atoms with van der Waals surface area (Å²) in [6.45, 7) is 10.3. The molecule has 1 aliphatic heterocycles. The van der Waals surface area contributed by atoms with Gasteiger partial charge in [-0.1, -0.05) is 19.0 Å². The van der Waals surface area contributed by atoms with Crippen LogP contribution in [0, 0.1) is 0 Å². The first-order valence-electron chi connectivity index (χ1n) is 8.56. The largest absolute Gasteiger partial charge is 0.391 e. The summed E-state index contributed by atoms with van der Waals surface area (Å²) >= 11 is 0. The molecule has 0 aromatic carbocycles. The number of hydrogen-bond acceptors (Lipinski definition) is 6. The molecule has 0 unspecified atom stereocenters. The minimum Gasteiger partial charge on any atom is -0.391 e. The molecule has 1 aliphatic carbocycles. The van der Waals surface area contributed by atoms with E-state index in [1.54, 1.807) is 0 Å². The van der Waals surface area contributed by atoms with Crippen molar-refractivity contribution in [3.8, 4) is 0 Å². The van der Waals surface area contributed by atoms with Crippen molar-refractivity contribution in [1.82, 2.24) is 19.9 Å². The Hall–Kier alpha value is -0.980. The van der Waals surface area contributed by atoms with E-state index in [-0.39, 0.29) is 12.1 Å². The summed E-state index contributed by atoms with van der Waals surface area (Å²) in [6, 6.07) is 0.532. The van der Waals surface area contributed by atoms with Crippen LogP contribution in [0.2, 0.25) is 0 Å². The molecule has 22 heavy (non-hydrogen) atoms. The molecule has 2 fully saturated rings. The predicted molar refractivity (Wildman–Crippen MR) is 83.6 cm³/mol. The third-order valence-corrected chi connectivity index (χ3v) is 5.14. The number of piperazine rings is 1. The molecular weight excluding hydrogens is 280 g/mol. The Kier molecular flexibility index (Phi) is 4.80. The predicted octanol–water partition coefficient (Wildman–Crippen LogP) is 1.78. The van der Waals surface area contributed by atoms with Crippen LogP contribution in [0.4, 0.5) is 0 Å². The summed E-state index contributed by atoms with van der Waals surface area (Å²) < 4.78 is 5.43. The standard InChI is InChI=1S/C16H28N4O2/c1-11(2)15-17-16(22-18-15)12(3)19-7-9-20(10-8-19)13-5-4-6-14(13)21/h11-14,21H,4-10H2,1-3H3/t12-,13-,14+/m0/s1. The maximum atomic E-state index is 10.1. The maximum Gasteiger partial charge on any atom is 0.243 e. The molecule has 1 aromatic heterocycles. The average Bonchev–Trinajstić information content (AvgIpc) is 3.15. The Morgan fingerprint density at radius 1 is 1.14 bits per heavy atom. The lowest BCUT2D eigenvalue weighted by Crippen LogP contribution is -2.52. The molecule has 3 atom stereocenters. The summed E-state index contributed by atoms with van der Waals surface area (Å²) in [4.78, 5) is 9.37. The molecule has 1 saturated heterocycles. The molecule has 2 heterocycles. The Balaban J connectivity index is 1.56. The van der Waals surface area contributed by atoms with Crippen LogP contribution in [0.3, 0.4) is 0 Å². The van der Waals surface area contributed by atoms with Crippen LogP contribution in [-0.2, 0) is 0 Å². The van der Waals surface area contributed by atoms with Crippen molar-refractivity contribution in [2.75, 3.05) is 26.2 Å². The maximum absolute atomic E-state index is 10.1. The fourth-order valence-electron chi connectivity index (χ4n) is 3.61. The van der Waals surface area contributed by atoms with E-state index in [1.165, 1.54) is 0 Å². The SMILES string of the molecule is CC(C)c1noc([C@H](C)N2CCN([C@H]3CCC[C@H]3O)CC2)n1. The van der Waals surface area contributed by atoms with Crippen molar-refractivity contribution in [3.05, 3.63) is 11.7 Å².